The van der Waals surface area contributed by atoms with E-state index in [0.29, 0.717) is 4.91 Å². The lowest BCUT2D eigenvalue weighted by atomic mass is 9.92. The third-order valence-electron chi connectivity index (χ3n) is 3.86. The van der Waals surface area contributed by atoms with E-state index in [0.717, 1.165) is 0 Å². The van der Waals surface area contributed by atoms with Gasteiger partial charge in [-0.1, -0.05) is 0 Å². The van der Waals surface area contributed by atoms with Crippen molar-refractivity contribution in [2.45, 2.75) is 18.4 Å². The molecule has 3 amide bonds. The fraction of sp³-hybridized carbons (Fsp3) is 0.571. The molecule has 2 heterocycles. The molecule has 138 valence electrons. The van der Waals surface area contributed by atoms with Gasteiger partial charge in [-0.3, -0.25) is 24.2 Å². The molecule has 0 aromatic carbocycles. The van der Waals surface area contributed by atoms with Crippen LogP contribution < -0.4 is 11.1 Å². The summed E-state index contributed by atoms with van der Waals surface area (Å²) >= 11 is 1.21. The molecular formula is C14H20N4O6S. The van der Waals surface area contributed by atoms with Gasteiger partial charge in [0.2, 0.25) is 17.7 Å². The number of nitrogens with one attached hydrogen (secondary N) is 1. The van der Waals surface area contributed by atoms with Gasteiger partial charge in [0.15, 0.2) is 0 Å². The summed E-state index contributed by atoms with van der Waals surface area (Å²) in [5.41, 5.74) is 4.83. The summed E-state index contributed by atoms with van der Waals surface area (Å²) in [7, 11) is 1.61. The summed E-state index contributed by atoms with van der Waals surface area (Å²) in [5, 5.41) is 21.0. The molecule has 11 heteroatoms. The second-order valence-electron chi connectivity index (χ2n) is 5.98. The monoisotopic (exact) mass is 372 g/mol. The van der Waals surface area contributed by atoms with Gasteiger partial charge in [-0.15, -0.1) is 11.8 Å². The Bertz CT molecular complexity index is 649. The number of nitrogens with two attached hydrogens (primary N) is 1. The Hall–Kier alpha value is -2.11. The van der Waals surface area contributed by atoms with Crippen LogP contribution in [0.1, 0.15) is 6.92 Å². The number of carbonyl (C=O) groups excluding carboxylic acids is 3. The SMILES string of the molecule is C[C@@H](O)[C@H]1C(=O)N2C(C(=O)O)=C(CN(C)CC(=O)NCC(N)=O)S[C@H]12. The Balaban J connectivity index is 2.03. The van der Waals surface area contributed by atoms with E-state index in [1.54, 1.807) is 11.9 Å². The quantitative estimate of drug-likeness (QED) is 0.348. The van der Waals surface area contributed by atoms with Crippen LogP contribution in [0.25, 0.3) is 0 Å². The number of primary amides is 1. The van der Waals surface area contributed by atoms with E-state index in [-0.39, 0.29) is 25.3 Å². The molecular weight excluding hydrogens is 352 g/mol. The zero-order chi connectivity index (χ0) is 18.9. The van der Waals surface area contributed by atoms with Crippen LogP contribution >= 0.6 is 11.8 Å². The van der Waals surface area contributed by atoms with Crippen LogP contribution in [-0.2, 0) is 19.2 Å². The van der Waals surface area contributed by atoms with Gasteiger partial charge in [0.05, 0.1) is 25.1 Å². The molecule has 0 saturated carbocycles. The average Bonchev–Trinajstić information content (AvgIpc) is 2.78. The largest absolute Gasteiger partial charge is 0.477 e. The fourth-order valence-electron chi connectivity index (χ4n) is 2.75. The number of carbonyl (C=O) groups is 4. The molecule has 5 N–H and O–H groups in total. The van der Waals surface area contributed by atoms with Gasteiger partial charge in [0.1, 0.15) is 11.1 Å². The molecule has 0 aromatic rings. The van der Waals surface area contributed by atoms with Crippen molar-refractivity contribution < 1.29 is 29.4 Å². The van der Waals surface area contributed by atoms with Crippen molar-refractivity contribution in [2.75, 3.05) is 26.7 Å². The third-order valence-corrected chi connectivity index (χ3v) is 5.21. The number of amides is 3. The van der Waals surface area contributed by atoms with Gasteiger partial charge in [-0.2, -0.15) is 0 Å². The van der Waals surface area contributed by atoms with Crippen molar-refractivity contribution in [1.29, 1.82) is 0 Å². The van der Waals surface area contributed by atoms with Crippen LogP contribution in [0.5, 0.6) is 0 Å². The highest BCUT2D eigenvalue weighted by atomic mass is 32.2. The number of fused-ring (bicyclic) bond motifs is 1. The second-order valence-corrected chi connectivity index (χ2v) is 7.19. The number of carboxylic acids is 1. The van der Waals surface area contributed by atoms with Gasteiger partial charge in [-0.25, -0.2) is 4.79 Å². The Morgan fingerprint density at radius 1 is 1.44 bits per heavy atom. The smallest absolute Gasteiger partial charge is 0.353 e. The van der Waals surface area contributed by atoms with Gasteiger partial charge >= 0.3 is 5.97 Å². The van der Waals surface area contributed by atoms with Crippen molar-refractivity contribution in [3.63, 3.8) is 0 Å². The first-order valence-electron chi connectivity index (χ1n) is 7.51. The number of hydrogen-bond donors (Lipinski definition) is 4. The van der Waals surface area contributed by atoms with Gasteiger partial charge in [-0.05, 0) is 14.0 Å². The highest BCUT2D eigenvalue weighted by Gasteiger charge is 2.57. The van der Waals surface area contributed by atoms with E-state index in [2.05, 4.69) is 5.32 Å². The maximum atomic E-state index is 12.1. The molecule has 0 unspecified atom stereocenters. The van der Waals surface area contributed by atoms with Crippen LogP contribution in [0.2, 0.25) is 0 Å². The summed E-state index contributed by atoms with van der Waals surface area (Å²) in [6.45, 7) is 1.30. The van der Waals surface area contributed by atoms with Crippen molar-refractivity contribution in [1.82, 2.24) is 15.1 Å². The first kappa shape index (κ1) is 19.2. The molecule has 1 fully saturated rings. The predicted octanol–water partition coefficient (Wildman–Crippen LogP) is -2.27. The minimum Gasteiger partial charge on any atom is -0.477 e. The molecule has 2 aliphatic rings. The van der Waals surface area contributed by atoms with E-state index in [4.69, 9.17) is 5.73 Å². The number of likely N-dealkylation sites (N-methyl/N-ethyl adjacent to an activating group) is 1. The predicted molar refractivity (Wildman–Crippen MR) is 87.8 cm³/mol. The molecule has 25 heavy (non-hydrogen) atoms. The van der Waals surface area contributed by atoms with E-state index >= 15 is 0 Å². The summed E-state index contributed by atoms with van der Waals surface area (Å²) in [4.78, 5) is 49.1. The van der Waals surface area contributed by atoms with Gasteiger partial charge in [0, 0.05) is 11.4 Å². The molecule has 0 radical (unpaired) electrons. The second kappa shape index (κ2) is 7.42. The number of nitrogens with zero attached hydrogens (tertiary/aromatic N) is 2. The molecule has 0 bridgehead atoms. The number of aliphatic hydroxyl groups excluding tert-OH is 1. The number of rotatable bonds is 8. The maximum absolute atomic E-state index is 12.1. The average molecular weight is 372 g/mol. The van der Waals surface area contributed by atoms with Gasteiger partial charge < -0.3 is 21.3 Å². The molecule has 0 spiro atoms. The minimum atomic E-state index is -1.23. The van der Waals surface area contributed by atoms with E-state index in [1.807, 2.05) is 0 Å². The van der Waals surface area contributed by atoms with Crippen molar-refractivity contribution in [3.8, 4) is 0 Å². The molecule has 0 aromatic heterocycles. The van der Waals surface area contributed by atoms with Crippen molar-refractivity contribution in [2.24, 2.45) is 11.7 Å². The fourth-order valence-corrected chi connectivity index (χ4v) is 4.44. The number of aliphatic hydroxyl groups is 1. The van der Waals surface area contributed by atoms with E-state index in [9.17, 15) is 29.4 Å². The first-order chi connectivity index (χ1) is 11.6. The lowest BCUT2D eigenvalue weighted by molar-refractivity contribution is -0.156. The van der Waals surface area contributed by atoms with E-state index in [1.165, 1.54) is 23.6 Å². The highest BCUT2D eigenvalue weighted by Crippen LogP contribution is 2.50. The Morgan fingerprint density at radius 3 is 2.60 bits per heavy atom. The van der Waals surface area contributed by atoms with Crippen LogP contribution in [0, 0.1) is 5.92 Å². The standard InChI is InChI=1S/C14H20N4O6S/c1-6(19)10-12(22)18-11(14(23)24)7(25-13(10)18)4-17(2)5-9(21)16-3-8(15)20/h6,10,13,19H,3-5H2,1-2H3,(H2,15,20)(H,16,21)(H,23,24)/t6-,10+,13-/m1/s1. The lowest BCUT2D eigenvalue weighted by Crippen LogP contribution is -2.60. The number of carboxylic acid groups (broad SMARTS) is 1. The Kier molecular flexibility index (Phi) is 5.70. The Morgan fingerprint density at radius 2 is 2.08 bits per heavy atom. The van der Waals surface area contributed by atoms with Crippen LogP contribution in [0.15, 0.2) is 10.6 Å². The first-order valence-corrected chi connectivity index (χ1v) is 8.39. The number of thioether (sulfide) groups is 1. The summed E-state index contributed by atoms with van der Waals surface area (Å²) in [5.74, 6) is -3.37. The Labute approximate surface area is 148 Å². The molecule has 3 atom stereocenters. The number of aliphatic carboxylic acids is 1. The van der Waals surface area contributed by atoms with Crippen molar-refractivity contribution >= 4 is 35.5 Å². The third kappa shape index (κ3) is 3.94. The summed E-state index contributed by atoms with van der Waals surface area (Å²) in [6, 6.07) is 0. The molecule has 2 rings (SSSR count). The zero-order valence-corrected chi connectivity index (χ0v) is 14.6. The summed E-state index contributed by atoms with van der Waals surface area (Å²) < 4.78 is 0. The number of hydrogen-bond acceptors (Lipinski definition) is 7. The summed E-state index contributed by atoms with van der Waals surface area (Å²) in [6.07, 6.45) is -0.868. The minimum absolute atomic E-state index is 0.0668. The molecule has 2 aliphatic heterocycles. The van der Waals surface area contributed by atoms with Crippen LogP contribution in [0.3, 0.4) is 0 Å². The van der Waals surface area contributed by atoms with Gasteiger partial charge in [0.25, 0.3) is 0 Å². The zero-order valence-electron chi connectivity index (χ0n) is 13.8. The normalized spacial score (nSPS) is 23.4. The van der Waals surface area contributed by atoms with Crippen LogP contribution in [0.4, 0.5) is 0 Å². The van der Waals surface area contributed by atoms with Crippen molar-refractivity contribution in [3.05, 3.63) is 10.6 Å². The maximum Gasteiger partial charge on any atom is 0.353 e. The van der Waals surface area contributed by atoms with Crippen LogP contribution in [-0.4, -0.2) is 81.9 Å². The topological polar surface area (TPSA) is 153 Å². The molecule has 0 aliphatic carbocycles. The highest BCUT2D eigenvalue weighted by molar-refractivity contribution is 8.04. The molecule has 1 saturated heterocycles. The number of β-lactam (4-membered cyclic amide) rings is 1. The van der Waals surface area contributed by atoms with E-state index < -0.39 is 41.1 Å². The molecule has 10 nitrogen and oxygen atoms in total. The lowest BCUT2D eigenvalue weighted by Gasteiger charge is -2.43.